The number of rotatable bonds is 5. The van der Waals surface area contributed by atoms with Crippen LogP contribution in [0.15, 0.2) is 60.1 Å². The highest BCUT2D eigenvalue weighted by atomic mass is 32.1. The molecule has 0 spiro atoms. The van der Waals surface area contributed by atoms with E-state index in [1.165, 1.54) is 17.4 Å². The molecule has 4 rings (SSSR count). The second-order valence-electron chi connectivity index (χ2n) is 6.01. The summed E-state index contributed by atoms with van der Waals surface area (Å²) in [5.41, 5.74) is 3.67. The summed E-state index contributed by atoms with van der Waals surface area (Å²) in [4.78, 5) is 15.3. The predicted octanol–water partition coefficient (Wildman–Crippen LogP) is 5.25. The van der Waals surface area contributed by atoms with Gasteiger partial charge in [-0.2, -0.15) is 5.26 Å². The SMILES string of the molecule is N#CCCn1cc(-c2csc(-c3cccc([N+](=O)[O-])c3)n2)c2ccccc21. The lowest BCUT2D eigenvalue weighted by Crippen LogP contribution is -1.94. The van der Waals surface area contributed by atoms with Crippen molar-refractivity contribution in [3.8, 4) is 27.9 Å². The fraction of sp³-hybridized carbons (Fsp3) is 0.100. The molecule has 0 unspecified atom stereocenters. The number of aryl methyl sites for hydroxylation is 1. The Kier molecular flexibility index (Phi) is 4.40. The molecule has 0 aliphatic carbocycles. The minimum atomic E-state index is -0.402. The smallest absolute Gasteiger partial charge is 0.270 e. The third kappa shape index (κ3) is 3.18. The van der Waals surface area contributed by atoms with Crippen LogP contribution in [0.2, 0.25) is 0 Å². The average Bonchev–Trinajstić information content (AvgIpc) is 3.31. The Labute approximate surface area is 159 Å². The maximum Gasteiger partial charge on any atom is 0.270 e. The van der Waals surface area contributed by atoms with Crippen molar-refractivity contribution in [2.24, 2.45) is 0 Å². The molecule has 0 amide bonds. The van der Waals surface area contributed by atoms with Gasteiger partial charge in [-0.25, -0.2) is 4.98 Å². The van der Waals surface area contributed by atoms with Crippen LogP contribution < -0.4 is 0 Å². The number of thiazole rings is 1. The van der Waals surface area contributed by atoms with Crippen molar-refractivity contribution in [2.45, 2.75) is 13.0 Å². The van der Waals surface area contributed by atoms with Crippen LogP contribution in [0.5, 0.6) is 0 Å². The number of nitriles is 1. The second-order valence-corrected chi connectivity index (χ2v) is 6.86. The molecule has 7 heteroatoms. The highest BCUT2D eigenvalue weighted by Gasteiger charge is 2.15. The third-order valence-corrected chi connectivity index (χ3v) is 5.23. The lowest BCUT2D eigenvalue weighted by atomic mass is 10.1. The lowest BCUT2D eigenvalue weighted by Gasteiger charge is -2.00. The van der Waals surface area contributed by atoms with E-state index in [9.17, 15) is 10.1 Å². The molecule has 132 valence electrons. The van der Waals surface area contributed by atoms with Crippen LogP contribution in [-0.4, -0.2) is 14.5 Å². The standard InChI is InChI=1S/C20H14N4O2S/c21-9-4-10-23-12-17(16-7-1-2-8-19(16)23)18-13-27-20(22-18)14-5-3-6-15(11-14)24(25)26/h1-3,5-8,11-13H,4,10H2. The molecule has 0 saturated heterocycles. The van der Waals surface area contributed by atoms with Crippen molar-refractivity contribution in [2.75, 3.05) is 0 Å². The number of benzene rings is 2. The summed E-state index contributed by atoms with van der Waals surface area (Å²) in [5, 5.41) is 23.7. The Hall–Kier alpha value is -3.50. The number of hydrogen-bond acceptors (Lipinski definition) is 5. The van der Waals surface area contributed by atoms with Crippen molar-refractivity contribution in [3.05, 3.63) is 70.2 Å². The van der Waals surface area contributed by atoms with E-state index in [2.05, 4.69) is 10.6 Å². The summed E-state index contributed by atoms with van der Waals surface area (Å²) in [5.74, 6) is 0. The van der Waals surface area contributed by atoms with Crippen molar-refractivity contribution >= 4 is 27.9 Å². The van der Waals surface area contributed by atoms with Gasteiger partial charge in [0.2, 0.25) is 0 Å². The minimum absolute atomic E-state index is 0.0531. The second kappa shape index (κ2) is 7.02. The first-order chi connectivity index (χ1) is 13.2. The quantitative estimate of drug-likeness (QED) is 0.352. The number of nitrogens with zero attached hydrogens (tertiary/aromatic N) is 4. The molecule has 27 heavy (non-hydrogen) atoms. The Morgan fingerprint density at radius 3 is 2.89 bits per heavy atom. The first kappa shape index (κ1) is 16.9. The predicted molar refractivity (Wildman–Crippen MR) is 105 cm³/mol. The van der Waals surface area contributed by atoms with Gasteiger partial charge in [-0.1, -0.05) is 30.3 Å². The van der Waals surface area contributed by atoms with E-state index in [1.807, 2.05) is 41.9 Å². The van der Waals surface area contributed by atoms with E-state index < -0.39 is 4.92 Å². The molecule has 0 fully saturated rings. The molecule has 2 heterocycles. The van der Waals surface area contributed by atoms with Gasteiger partial charge in [-0.15, -0.1) is 11.3 Å². The van der Waals surface area contributed by atoms with Crippen molar-refractivity contribution in [1.82, 2.24) is 9.55 Å². The molecule has 0 N–H and O–H groups in total. The Morgan fingerprint density at radius 1 is 1.22 bits per heavy atom. The summed E-state index contributed by atoms with van der Waals surface area (Å²) in [6.07, 6.45) is 2.46. The topological polar surface area (TPSA) is 84.8 Å². The van der Waals surface area contributed by atoms with Gasteiger partial charge < -0.3 is 4.57 Å². The zero-order valence-electron chi connectivity index (χ0n) is 14.2. The van der Waals surface area contributed by atoms with Crippen LogP contribution >= 0.6 is 11.3 Å². The van der Waals surface area contributed by atoms with Gasteiger partial charge in [0.15, 0.2) is 0 Å². The van der Waals surface area contributed by atoms with Crippen LogP contribution in [0.3, 0.4) is 0 Å². The highest BCUT2D eigenvalue weighted by molar-refractivity contribution is 7.13. The molecule has 0 bridgehead atoms. The third-order valence-electron chi connectivity index (χ3n) is 4.34. The number of nitro benzene ring substituents is 1. The van der Waals surface area contributed by atoms with E-state index in [0.717, 1.165) is 32.7 Å². The van der Waals surface area contributed by atoms with Crippen LogP contribution in [0.1, 0.15) is 6.42 Å². The van der Waals surface area contributed by atoms with E-state index in [1.54, 1.807) is 12.1 Å². The maximum absolute atomic E-state index is 11.0. The average molecular weight is 374 g/mol. The molecule has 4 aromatic rings. The van der Waals surface area contributed by atoms with Gasteiger partial charge in [-0.05, 0) is 6.07 Å². The normalized spacial score (nSPS) is 10.8. The molecule has 2 aromatic carbocycles. The lowest BCUT2D eigenvalue weighted by molar-refractivity contribution is -0.384. The molecule has 0 aliphatic rings. The summed E-state index contributed by atoms with van der Waals surface area (Å²) in [6, 6.07) is 16.7. The fourth-order valence-electron chi connectivity index (χ4n) is 3.09. The molecular formula is C20H14N4O2S. The Morgan fingerprint density at radius 2 is 2.07 bits per heavy atom. The molecule has 0 saturated carbocycles. The Bertz CT molecular complexity index is 1190. The summed E-state index contributed by atoms with van der Waals surface area (Å²) in [6.45, 7) is 0.624. The largest absolute Gasteiger partial charge is 0.346 e. The molecule has 0 aliphatic heterocycles. The van der Waals surface area contributed by atoms with Gasteiger partial charge >= 0.3 is 0 Å². The Balaban J connectivity index is 1.77. The first-order valence-corrected chi connectivity index (χ1v) is 9.21. The van der Waals surface area contributed by atoms with Crippen molar-refractivity contribution in [3.63, 3.8) is 0 Å². The molecule has 6 nitrogen and oxygen atoms in total. The number of nitro groups is 1. The van der Waals surface area contributed by atoms with Crippen molar-refractivity contribution < 1.29 is 4.92 Å². The van der Waals surface area contributed by atoms with Gasteiger partial charge in [0.05, 0.1) is 23.1 Å². The molecular weight excluding hydrogens is 360 g/mol. The molecule has 0 radical (unpaired) electrons. The first-order valence-electron chi connectivity index (χ1n) is 8.33. The zero-order valence-corrected chi connectivity index (χ0v) is 15.0. The van der Waals surface area contributed by atoms with Crippen LogP contribution in [-0.2, 0) is 6.54 Å². The fourth-order valence-corrected chi connectivity index (χ4v) is 3.91. The van der Waals surface area contributed by atoms with E-state index in [0.29, 0.717) is 13.0 Å². The van der Waals surface area contributed by atoms with E-state index in [4.69, 9.17) is 10.2 Å². The minimum Gasteiger partial charge on any atom is -0.346 e. The molecule has 0 atom stereocenters. The summed E-state index contributed by atoms with van der Waals surface area (Å²) < 4.78 is 2.07. The van der Waals surface area contributed by atoms with Gasteiger partial charge in [0, 0.05) is 52.3 Å². The van der Waals surface area contributed by atoms with Gasteiger partial charge in [-0.3, -0.25) is 10.1 Å². The number of fused-ring (bicyclic) bond motifs is 1. The van der Waals surface area contributed by atoms with Gasteiger partial charge in [0.1, 0.15) is 5.01 Å². The number of non-ortho nitro benzene ring substituents is 1. The zero-order chi connectivity index (χ0) is 18.8. The maximum atomic E-state index is 11.0. The number of hydrogen-bond donors (Lipinski definition) is 0. The monoisotopic (exact) mass is 374 g/mol. The van der Waals surface area contributed by atoms with Gasteiger partial charge in [0.25, 0.3) is 5.69 Å². The van der Waals surface area contributed by atoms with E-state index >= 15 is 0 Å². The summed E-state index contributed by atoms with van der Waals surface area (Å²) >= 11 is 1.46. The van der Waals surface area contributed by atoms with Crippen LogP contribution in [0.25, 0.3) is 32.7 Å². The van der Waals surface area contributed by atoms with Crippen molar-refractivity contribution in [1.29, 1.82) is 5.26 Å². The highest BCUT2D eigenvalue weighted by Crippen LogP contribution is 2.35. The molecule has 2 aromatic heterocycles. The van der Waals surface area contributed by atoms with E-state index in [-0.39, 0.29) is 5.69 Å². The van der Waals surface area contributed by atoms with Crippen LogP contribution in [0.4, 0.5) is 5.69 Å². The summed E-state index contributed by atoms with van der Waals surface area (Å²) in [7, 11) is 0. The number of para-hydroxylation sites is 1. The number of aromatic nitrogens is 2. The van der Waals surface area contributed by atoms with Crippen LogP contribution in [0, 0.1) is 21.4 Å².